The van der Waals surface area contributed by atoms with Gasteiger partial charge >= 0.3 is 5.97 Å². The van der Waals surface area contributed by atoms with Crippen LogP contribution in [0.4, 0.5) is 0 Å². The smallest absolute Gasteiger partial charge is 0.338 e. The lowest BCUT2D eigenvalue weighted by Gasteiger charge is -2.12. The zero-order chi connectivity index (χ0) is 31.8. The van der Waals surface area contributed by atoms with E-state index >= 15 is 0 Å². The third-order valence-corrected chi connectivity index (χ3v) is 8.83. The Morgan fingerprint density at radius 2 is 0.705 bits per heavy atom. The summed E-state index contributed by atoms with van der Waals surface area (Å²) in [6, 6.07) is 5.46. The molecule has 1 aromatic rings. The number of benzene rings is 1. The number of esters is 1. The maximum Gasteiger partial charge on any atom is 0.338 e. The summed E-state index contributed by atoms with van der Waals surface area (Å²) in [5, 5.41) is 0. The van der Waals surface area contributed by atoms with Gasteiger partial charge in [0.25, 0.3) is 0 Å². The van der Waals surface area contributed by atoms with Gasteiger partial charge in [-0.1, -0.05) is 181 Å². The van der Waals surface area contributed by atoms with Crippen LogP contribution >= 0.6 is 0 Å². The second kappa shape index (κ2) is 31.3. The van der Waals surface area contributed by atoms with Crippen molar-refractivity contribution >= 4 is 5.97 Å². The minimum Gasteiger partial charge on any atom is -0.493 e. The predicted octanol–water partition coefficient (Wildman–Crippen LogP) is 13.2. The molecule has 0 amide bonds. The number of carbonyl (C=O) groups is 1. The highest BCUT2D eigenvalue weighted by Crippen LogP contribution is 2.25. The molecule has 0 aliphatic rings. The van der Waals surface area contributed by atoms with Crippen LogP contribution in [0.1, 0.15) is 204 Å². The van der Waals surface area contributed by atoms with Crippen molar-refractivity contribution < 1.29 is 19.0 Å². The van der Waals surface area contributed by atoms with E-state index in [0.29, 0.717) is 30.3 Å². The second-order valence-electron chi connectivity index (χ2n) is 13.1. The fourth-order valence-corrected chi connectivity index (χ4v) is 5.95. The predicted molar refractivity (Wildman–Crippen MR) is 189 cm³/mol. The van der Waals surface area contributed by atoms with Crippen LogP contribution in [0.3, 0.4) is 0 Å². The molecule has 4 heteroatoms. The number of ether oxygens (including phenoxy) is 3. The van der Waals surface area contributed by atoms with Crippen LogP contribution in [0, 0.1) is 0 Å². The molecule has 0 aliphatic heterocycles. The van der Waals surface area contributed by atoms with E-state index < -0.39 is 0 Å². The molecule has 0 saturated heterocycles. The van der Waals surface area contributed by atoms with Crippen LogP contribution in [0.2, 0.25) is 0 Å². The summed E-state index contributed by atoms with van der Waals surface area (Å²) in [4.78, 5) is 12.2. The van der Waals surface area contributed by atoms with Crippen LogP contribution in [-0.4, -0.2) is 26.3 Å². The van der Waals surface area contributed by atoms with Gasteiger partial charge in [0.05, 0.1) is 25.9 Å². The molecule has 1 aromatic carbocycles. The lowest BCUT2D eigenvalue weighted by atomic mass is 10.0. The SMILES string of the molecule is CCCCCCCCCCCCCCCCOc1cc(OCCCCCCCCCCCCCCCC)cc(C(=O)OC)c1. The Labute approximate surface area is 273 Å². The number of methoxy groups -OCH3 is 1. The molecule has 0 heterocycles. The molecule has 0 bridgehead atoms. The van der Waals surface area contributed by atoms with Gasteiger partial charge in [-0.25, -0.2) is 4.79 Å². The molecule has 44 heavy (non-hydrogen) atoms. The molecule has 0 fully saturated rings. The highest BCUT2D eigenvalue weighted by molar-refractivity contribution is 5.90. The lowest BCUT2D eigenvalue weighted by molar-refractivity contribution is 0.0599. The molecular weight excluding hydrogens is 544 g/mol. The average molecular weight is 617 g/mol. The molecule has 1 rings (SSSR count). The normalized spacial score (nSPS) is 11.2. The number of hydrogen-bond donors (Lipinski definition) is 0. The quantitative estimate of drug-likeness (QED) is 0.0582. The zero-order valence-corrected chi connectivity index (χ0v) is 29.6. The molecule has 0 aliphatic carbocycles. The molecule has 256 valence electrons. The van der Waals surface area contributed by atoms with Gasteiger partial charge in [0, 0.05) is 6.07 Å². The highest BCUT2D eigenvalue weighted by Gasteiger charge is 2.11. The van der Waals surface area contributed by atoms with E-state index in [2.05, 4.69) is 13.8 Å². The van der Waals surface area contributed by atoms with Crippen molar-refractivity contribution in [2.45, 2.75) is 194 Å². The Balaban J connectivity index is 2.11. The first kappa shape index (κ1) is 40.3. The van der Waals surface area contributed by atoms with Crippen LogP contribution < -0.4 is 9.47 Å². The number of unbranched alkanes of at least 4 members (excludes halogenated alkanes) is 26. The van der Waals surface area contributed by atoms with Gasteiger partial charge in [-0.3, -0.25) is 0 Å². The summed E-state index contributed by atoms with van der Waals surface area (Å²) in [6.07, 6.45) is 37.6. The van der Waals surface area contributed by atoms with Gasteiger partial charge in [-0.2, -0.15) is 0 Å². The van der Waals surface area contributed by atoms with Crippen molar-refractivity contribution in [3.05, 3.63) is 23.8 Å². The molecule has 0 aromatic heterocycles. The Morgan fingerprint density at radius 3 is 0.977 bits per heavy atom. The van der Waals surface area contributed by atoms with E-state index in [1.807, 2.05) is 6.07 Å². The number of carbonyl (C=O) groups excluding carboxylic acids is 1. The van der Waals surface area contributed by atoms with E-state index in [9.17, 15) is 4.79 Å². The monoisotopic (exact) mass is 617 g/mol. The summed E-state index contributed by atoms with van der Waals surface area (Å²) in [5.41, 5.74) is 0.488. The summed E-state index contributed by atoms with van der Waals surface area (Å²) in [6.45, 7) is 5.90. The van der Waals surface area contributed by atoms with Gasteiger partial charge in [0.15, 0.2) is 0 Å². The first-order valence-electron chi connectivity index (χ1n) is 19.2. The van der Waals surface area contributed by atoms with E-state index in [0.717, 1.165) is 12.8 Å². The Morgan fingerprint density at radius 1 is 0.432 bits per heavy atom. The third kappa shape index (κ3) is 24.6. The van der Waals surface area contributed by atoms with Crippen molar-refractivity contribution in [2.24, 2.45) is 0 Å². The van der Waals surface area contributed by atoms with Crippen molar-refractivity contribution in [1.29, 1.82) is 0 Å². The fourth-order valence-electron chi connectivity index (χ4n) is 5.95. The Kier molecular flexibility index (Phi) is 28.7. The molecule has 0 spiro atoms. The van der Waals surface area contributed by atoms with Gasteiger partial charge in [-0.15, -0.1) is 0 Å². The maximum absolute atomic E-state index is 12.2. The number of rotatable bonds is 33. The highest BCUT2D eigenvalue weighted by atomic mass is 16.5. The largest absolute Gasteiger partial charge is 0.493 e. The summed E-state index contributed by atoms with van der Waals surface area (Å²) in [7, 11) is 1.42. The average Bonchev–Trinajstić information content (AvgIpc) is 3.04. The summed E-state index contributed by atoms with van der Waals surface area (Å²) < 4.78 is 17.0. The second-order valence-corrected chi connectivity index (χ2v) is 13.1. The van der Waals surface area contributed by atoms with Crippen LogP contribution in [0.15, 0.2) is 18.2 Å². The third-order valence-electron chi connectivity index (χ3n) is 8.83. The number of hydrogen-bond acceptors (Lipinski definition) is 4. The minimum absolute atomic E-state index is 0.353. The lowest BCUT2D eigenvalue weighted by Crippen LogP contribution is -2.05. The van der Waals surface area contributed by atoms with Gasteiger partial charge in [0.2, 0.25) is 0 Å². The van der Waals surface area contributed by atoms with E-state index in [4.69, 9.17) is 14.2 Å². The molecule has 0 N–H and O–H groups in total. The van der Waals surface area contributed by atoms with E-state index in [1.54, 1.807) is 12.1 Å². The van der Waals surface area contributed by atoms with Crippen molar-refractivity contribution in [3.8, 4) is 11.5 Å². The van der Waals surface area contributed by atoms with Gasteiger partial charge in [-0.05, 0) is 25.0 Å². The van der Waals surface area contributed by atoms with Crippen LogP contribution in [-0.2, 0) is 4.74 Å². The standard InChI is InChI=1S/C40H72O4/c1-4-6-8-10-12-14-16-18-20-22-24-26-28-30-32-43-38-34-37(40(41)42-3)35-39(36-38)44-33-31-29-27-25-23-21-19-17-15-13-11-9-7-5-2/h34-36H,4-33H2,1-3H3. The summed E-state index contributed by atoms with van der Waals surface area (Å²) in [5.74, 6) is 1.03. The minimum atomic E-state index is -0.353. The van der Waals surface area contributed by atoms with Crippen LogP contribution in [0.5, 0.6) is 11.5 Å². The zero-order valence-electron chi connectivity index (χ0n) is 29.6. The molecule has 0 radical (unpaired) electrons. The molecule has 0 saturated carbocycles. The summed E-state index contributed by atoms with van der Waals surface area (Å²) >= 11 is 0. The Hall–Kier alpha value is -1.71. The van der Waals surface area contributed by atoms with Gasteiger partial charge in [0.1, 0.15) is 11.5 Å². The van der Waals surface area contributed by atoms with Crippen molar-refractivity contribution in [3.63, 3.8) is 0 Å². The molecule has 0 atom stereocenters. The van der Waals surface area contributed by atoms with E-state index in [-0.39, 0.29) is 5.97 Å². The molecule has 4 nitrogen and oxygen atoms in total. The van der Waals surface area contributed by atoms with Gasteiger partial charge < -0.3 is 14.2 Å². The molecule has 0 unspecified atom stereocenters. The van der Waals surface area contributed by atoms with E-state index in [1.165, 1.54) is 174 Å². The fraction of sp³-hybridized carbons (Fsp3) is 0.825. The first-order chi connectivity index (χ1) is 21.7. The first-order valence-corrected chi connectivity index (χ1v) is 19.2. The van der Waals surface area contributed by atoms with Crippen molar-refractivity contribution in [2.75, 3.05) is 20.3 Å². The molecular formula is C40H72O4. The van der Waals surface area contributed by atoms with Crippen LogP contribution in [0.25, 0.3) is 0 Å². The topological polar surface area (TPSA) is 44.8 Å². The maximum atomic E-state index is 12.2. The van der Waals surface area contributed by atoms with Crippen molar-refractivity contribution in [1.82, 2.24) is 0 Å². The Bertz CT molecular complexity index is 709.